The molecule has 1 saturated carbocycles. The minimum Gasteiger partial charge on any atom is -0.327 e. The van der Waals surface area contributed by atoms with Gasteiger partial charge in [-0.15, -0.1) is 0 Å². The van der Waals surface area contributed by atoms with Gasteiger partial charge in [0.05, 0.1) is 16.7 Å². The molecule has 164 valence electrons. The molecule has 1 unspecified atom stereocenters. The van der Waals surface area contributed by atoms with Gasteiger partial charge in [0, 0.05) is 6.07 Å². The van der Waals surface area contributed by atoms with Crippen LogP contribution >= 0.6 is 12.2 Å². The molecule has 1 aromatic carbocycles. The van der Waals surface area contributed by atoms with E-state index in [1.807, 2.05) is 30.1 Å². The Hall–Kier alpha value is -2.75. The molecule has 3 aliphatic rings. The second kappa shape index (κ2) is 7.44. The van der Waals surface area contributed by atoms with Crippen LogP contribution < -0.4 is 4.90 Å². The van der Waals surface area contributed by atoms with Crippen LogP contribution in [0.1, 0.15) is 44.6 Å². The van der Waals surface area contributed by atoms with Gasteiger partial charge in [-0.1, -0.05) is 36.6 Å². The van der Waals surface area contributed by atoms with Crippen LogP contribution in [0.3, 0.4) is 0 Å². The highest BCUT2D eigenvalue weighted by Crippen LogP contribution is 2.47. The predicted molar refractivity (Wildman–Crippen MR) is 113 cm³/mol. The summed E-state index contributed by atoms with van der Waals surface area (Å²) in [5.74, 6) is -0.364. The fourth-order valence-corrected chi connectivity index (χ4v) is 5.25. The first-order valence-corrected chi connectivity index (χ1v) is 10.4. The number of halogens is 3. The number of allylic oxidation sites excluding steroid dienone is 2. The van der Waals surface area contributed by atoms with Gasteiger partial charge in [0.25, 0.3) is 11.6 Å². The summed E-state index contributed by atoms with van der Waals surface area (Å²) < 4.78 is 40.5. The molecule has 1 amide bonds. The van der Waals surface area contributed by atoms with Crippen molar-refractivity contribution in [3.63, 3.8) is 0 Å². The summed E-state index contributed by atoms with van der Waals surface area (Å²) in [7, 11) is 0. The Morgan fingerprint density at radius 2 is 1.94 bits per heavy atom. The SMILES string of the molecule is CC1=CCC(N2C(=S)N(c3ccc([N+](=O)[O-])c(C(F)(F)F)c3)C(=O)C23CCCC3)C=C1. The van der Waals surface area contributed by atoms with Gasteiger partial charge in [-0.3, -0.25) is 19.8 Å². The third-order valence-electron chi connectivity index (χ3n) is 6.23. The summed E-state index contributed by atoms with van der Waals surface area (Å²) in [6, 6.07) is 2.41. The zero-order valence-electron chi connectivity index (χ0n) is 16.7. The largest absolute Gasteiger partial charge is 0.423 e. The number of nitrogens with zero attached hydrogens (tertiary/aromatic N) is 3. The fourth-order valence-electron chi connectivity index (χ4n) is 4.75. The topological polar surface area (TPSA) is 66.7 Å². The standard InChI is InChI=1S/C21H20F3N3O3S/c1-13-4-6-14(7-5-13)26-19(31)25(18(28)20(26)10-2-3-11-20)15-8-9-17(27(29)30)16(12-15)21(22,23)24/h4-6,8-9,12,14H,2-3,7,10-11H2,1H3. The Bertz CT molecular complexity index is 1030. The maximum absolute atomic E-state index is 13.6. The van der Waals surface area contributed by atoms with E-state index in [0.717, 1.165) is 35.4 Å². The lowest BCUT2D eigenvalue weighted by atomic mass is 9.91. The smallest absolute Gasteiger partial charge is 0.327 e. The Morgan fingerprint density at radius 3 is 2.48 bits per heavy atom. The average molecular weight is 451 g/mol. The lowest BCUT2D eigenvalue weighted by molar-refractivity contribution is -0.388. The minimum atomic E-state index is -4.94. The number of carbonyl (C=O) groups is 1. The van der Waals surface area contributed by atoms with Crippen molar-refractivity contribution >= 4 is 34.6 Å². The number of hydrogen-bond donors (Lipinski definition) is 0. The Kier molecular flexibility index (Phi) is 5.15. The molecule has 6 nitrogen and oxygen atoms in total. The van der Waals surface area contributed by atoms with Crippen LogP contribution in [-0.2, 0) is 11.0 Å². The van der Waals surface area contributed by atoms with Crippen molar-refractivity contribution in [1.29, 1.82) is 0 Å². The average Bonchev–Trinajstić information content (AvgIpc) is 3.26. The summed E-state index contributed by atoms with van der Waals surface area (Å²) in [6.45, 7) is 1.97. The van der Waals surface area contributed by atoms with Crippen molar-refractivity contribution in [2.75, 3.05) is 4.90 Å². The molecule has 0 radical (unpaired) electrons. The van der Waals surface area contributed by atoms with E-state index in [2.05, 4.69) is 0 Å². The molecule has 0 bridgehead atoms. The van der Waals surface area contributed by atoms with Crippen molar-refractivity contribution in [2.45, 2.75) is 56.8 Å². The molecule has 1 aliphatic heterocycles. The van der Waals surface area contributed by atoms with Gasteiger partial charge in [0.15, 0.2) is 5.11 Å². The van der Waals surface area contributed by atoms with Crippen LogP contribution in [0.4, 0.5) is 24.5 Å². The second-order valence-electron chi connectivity index (χ2n) is 8.10. The van der Waals surface area contributed by atoms with E-state index in [4.69, 9.17) is 12.2 Å². The molecule has 2 aliphatic carbocycles. The van der Waals surface area contributed by atoms with E-state index in [1.54, 1.807) is 0 Å². The van der Waals surface area contributed by atoms with Gasteiger partial charge in [0.2, 0.25) is 0 Å². The molecule has 1 saturated heterocycles. The van der Waals surface area contributed by atoms with Crippen molar-refractivity contribution in [2.24, 2.45) is 0 Å². The van der Waals surface area contributed by atoms with E-state index in [-0.39, 0.29) is 22.7 Å². The van der Waals surface area contributed by atoms with Crippen molar-refractivity contribution in [3.8, 4) is 0 Å². The number of rotatable bonds is 3. The predicted octanol–water partition coefficient (Wildman–Crippen LogP) is 5.13. The Morgan fingerprint density at radius 1 is 1.26 bits per heavy atom. The first kappa shape index (κ1) is 21.5. The quantitative estimate of drug-likeness (QED) is 0.362. The maximum atomic E-state index is 13.6. The molecule has 2 fully saturated rings. The first-order valence-electron chi connectivity index (χ1n) is 9.95. The van der Waals surface area contributed by atoms with E-state index in [9.17, 15) is 28.1 Å². The van der Waals surface area contributed by atoms with Gasteiger partial charge in [-0.25, -0.2) is 0 Å². The van der Waals surface area contributed by atoms with E-state index >= 15 is 0 Å². The Balaban J connectivity index is 1.79. The highest BCUT2D eigenvalue weighted by Gasteiger charge is 2.58. The zero-order chi connectivity index (χ0) is 22.6. The lowest BCUT2D eigenvalue weighted by Crippen LogP contribution is -2.51. The zero-order valence-corrected chi connectivity index (χ0v) is 17.5. The number of thiocarbonyl (C=S) groups is 1. The molecule has 31 heavy (non-hydrogen) atoms. The lowest BCUT2D eigenvalue weighted by Gasteiger charge is -2.38. The number of amides is 1. The van der Waals surface area contributed by atoms with Crippen molar-refractivity contribution < 1.29 is 22.9 Å². The summed E-state index contributed by atoms with van der Waals surface area (Å²) in [5, 5.41) is 11.2. The van der Waals surface area contributed by atoms with Crippen LogP contribution in [0.5, 0.6) is 0 Å². The molecular formula is C21H20F3N3O3S. The van der Waals surface area contributed by atoms with Gasteiger partial charge >= 0.3 is 6.18 Å². The van der Waals surface area contributed by atoms with Crippen molar-refractivity contribution in [1.82, 2.24) is 4.90 Å². The number of nitro benzene ring substituents is 1. The van der Waals surface area contributed by atoms with Crippen LogP contribution in [-0.4, -0.2) is 32.4 Å². The number of alkyl halides is 3. The molecular weight excluding hydrogens is 431 g/mol. The van der Waals surface area contributed by atoms with E-state index in [1.165, 1.54) is 0 Å². The van der Waals surface area contributed by atoms with Gasteiger partial charge in [-0.05, 0) is 50.5 Å². The number of benzene rings is 1. The number of nitro groups is 1. The highest BCUT2D eigenvalue weighted by atomic mass is 32.1. The summed E-state index contributed by atoms with van der Waals surface area (Å²) in [5.41, 5.74) is -2.37. The van der Waals surface area contributed by atoms with Gasteiger partial charge in [0.1, 0.15) is 11.1 Å². The normalized spacial score (nSPS) is 23.1. The molecule has 0 aromatic heterocycles. The monoisotopic (exact) mass is 451 g/mol. The third-order valence-corrected chi connectivity index (χ3v) is 6.60. The van der Waals surface area contributed by atoms with Crippen molar-refractivity contribution in [3.05, 3.63) is 57.7 Å². The van der Waals surface area contributed by atoms with Crippen LogP contribution in [0.15, 0.2) is 42.0 Å². The van der Waals surface area contributed by atoms with E-state index < -0.39 is 27.9 Å². The Labute approximate surface area is 182 Å². The molecule has 4 rings (SSSR count). The maximum Gasteiger partial charge on any atom is 0.423 e. The summed E-state index contributed by atoms with van der Waals surface area (Å²) >= 11 is 5.62. The molecule has 1 heterocycles. The number of hydrogen-bond acceptors (Lipinski definition) is 4. The second-order valence-corrected chi connectivity index (χ2v) is 8.46. The summed E-state index contributed by atoms with van der Waals surface area (Å²) in [6.07, 6.45) is 4.41. The van der Waals surface area contributed by atoms with Gasteiger partial charge < -0.3 is 4.90 Å². The first-order chi connectivity index (χ1) is 14.6. The minimum absolute atomic E-state index is 0.104. The van der Waals surface area contributed by atoms with Crippen LogP contribution in [0.2, 0.25) is 0 Å². The van der Waals surface area contributed by atoms with Gasteiger partial charge in [-0.2, -0.15) is 13.2 Å². The molecule has 1 aromatic rings. The fraction of sp³-hybridized carbons (Fsp3) is 0.429. The number of carbonyl (C=O) groups excluding carboxylic acids is 1. The highest BCUT2D eigenvalue weighted by molar-refractivity contribution is 7.80. The van der Waals surface area contributed by atoms with Crippen LogP contribution in [0.25, 0.3) is 0 Å². The molecule has 1 atom stereocenters. The molecule has 0 N–H and O–H groups in total. The molecule has 10 heteroatoms. The van der Waals surface area contributed by atoms with E-state index in [0.29, 0.717) is 25.3 Å². The molecule has 1 spiro atoms. The number of anilines is 1. The third kappa shape index (κ3) is 3.42. The summed E-state index contributed by atoms with van der Waals surface area (Å²) in [4.78, 5) is 26.6. The van der Waals surface area contributed by atoms with Crippen LogP contribution in [0, 0.1) is 10.1 Å².